The molecule has 0 radical (unpaired) electrons. The molecule has 0 amide bonds. The standard InChI is InChI=1S/C15H22N2/c1-2-7-15-13(5-1)8-11-17(15)12-9-14-6-3-4-10-16-14/h1-2,5,7,14,16H,3-4,6,8-12H2. The third kappa shape index (κ3) is 2.47. The first-order valence-corrected chi connectivity index (χ1v) is 7.00. The van der Waals surface area contributed by atoms with Crippen LogP contribution in [-0.2, 0) is 6.42 Å². The van der Waals surface area contributed by atoms with Gasteiger partial charge in [0.05, 0.1) is 0 Å². The zero-order valence-corrected chi connectivity index (χ0v) is 10.5. The first kappa shape index (κ1) is 11.1. The van der Waals surface area contributed by atoms with Crippen LogP contribution in [-0.4, -0.2) is 25.7 Å². The molecule has 0 saturated carbocycles. The minimum absolute atomic E-state index is 0.761. The van der Waals surface area contributed by atoms with E-state index in [0.717, 1.165) is 6.04 Å². The Kier molecular flexibility index (Phi) is 3.32. The van der Waals surface area contributed by atoms with Gasteiger partial charge in [-0.05, 0) is 43.9 Å². The maximum absolute atomic E-state index is 3.64. The van der Waals surface area contributed by atoms with Crippen molar-refractivity contribution in [2.24, 2.45) is 0 Å². The summed E-state index contributed by atoms with van der Waals surface area (Å²) in [6, 6.07) is 9.63. The summed E-state index contributed by atoms with van der Waals surface area (Å²) in [5, 5.41) is 3.64. The third-order valence-corrected chi connectivity index (χ3v) is 4.14. The molecule has 17 heavy (non-hydrogen) atoms. The van der Waals surface area contributed by atoms with E-state index in [1.165, 1.54) is 63.0 Å². The summed E-state index contributed by atoms with van der Waals surface area (Å²) >= 11 is 0. The van der Waals surface area contributed by atoms with Crippen molar-refractivity contribution in [2.75, 3.05) is 24.5 Å². The number of para-hydroxylation sites is 1. The van der Waals surface area contributed by atoms with E-state index in [0.29, 0.717) is 0 Å². The number of piperidine rings is 1. The van der Waals surface area contributed by atoms with Crippen LogP contribution in [0.3, 0.4) is 0 Å². The Morgan fingerprint density at radius 2 is 2.18 bits per heavy atom. The molecule has 0 spiro atoms. The topological polar surface area (TPSA) is 15.3 Å². The molecule has 0 aliphatic carbocycles. The quantitative estimate of drug-likeness (QED) is 0.858. The fourth-order valence-electron chi connectivity index (χ4n) is 3.12. The predicted molar refractivity (Wildman–Crippen MR) is 72.6 cm³/mol. The van der Waals surface area contributed by atoms with E-state index in [9.17, 15) is 0 Å². The molecule has 2 aliphatic rings. The number of benzene rings is 1. The molecule has 0 bridgehead atoms. The van der Waals surface area contributed by atoms with Crippen molar-refractivity contribution < 1.29 is 0 Å². The monoisotopic (exact) mass is 230 g/mol. The molecule has 2 nitrogen and oxygen atoms in total. The second-order valence-electron chi connectivity index (χ2n) is 5.30. The van der Waals surface area contributed by atoms with E-state index in [4.69, 9.17) is 0 Å². The van der Waals surface area contributed by atoms with Crippen molar-refractivity contribution >= 4 is 5.69 Å². The second-order valence-corrected chi connectivity index (χ2v) is 5.30. The second kappa shape index (κ2) is 5.09. The number of nitrogens with zero attached hydrogens (tertiary/aromatic N) is 1. The number of hydrogen-bond acceptors (Lipinski definition) is 2. The summed E-state index contributed by atoms with van der Waals surface area (Å²) in [5.41, 5.74) is 3.01. The molecule has 2 aliphatic heterocycles. The van der Waals surface area contributed by atoms with E-state index in [2.05, 4.69) is 34.5 Å². The minimum atomic E-state index is 0.761. The highest BCUT2D eigenvalue weighted by atomic mass is 15.1. The summed E-state index contributed by atoms with van der Waals surface area (Å²) < 4.78 is 0. The number of rotatable bonds is 3. The molecule has 1 atom stereocenters. The summed E-state index contributed by atoms with van der Waals surface area (Å²) in [4.78, 5) is 2.56. The van der Waals surface area contributed by atoms with Crippen LogP contribution in [0.15, 0.2) is 24.3 Å². The Hall–Kier alpha value is -1.02. The van der Waals surface area contributed by atoms with Crippen molar-refractivity contribution in [1.82, 2.24) is 5.32 Å². The summed E-state index contributed by atoms with van der Waals surface area (Å²) in [6.45, 7) is 3.65. The molecule has 92 valence electrons. The van der Waals surface area contributed by atoms with Crippen LogP contribution in [0.5, 0.6) is 0 Å². The smallest absolute Gasteiger partial charge is 0.0399 e. The van der Waals surface area contributed by atoms with Gasteiger partial charge < -0.3 is 10.2 Å². The van der Waals surface area contributed by atoms with Crippen LogP contribution in [0, 0.1) is 0 Å². The van der Waals surface area contributed by atoms with Crippen molar-refractivity contribution in [2.45, 2.75) is 38.1 Å². The SMILES string of the molecule is c1ccc2c(c1)CCN2CCC1CCCCN1. The first-order chi connectivity index (χ1) is 8.43. The summed E-state index contributed by atoms with van der Waals surface area (Å²) in [7, 11) is 0. The van der Waals surface area contributed by atoms with E-state index in [-0.39, 0.29) is 0 Å². The highest BCUT2D eigenvalue weighted by Crippen LogP contribution is 2.27. The molecule has 1 unspecified atom stereocenters. The van der Waals surface area contributed by atoms with Crippen molar-refractivity contribution in [3.8, 4) is 0 Å². The van der Waals surface area contributed by atoms with Gasteiger partial charge in [0.25, 0.3) is 0 Å². The molecular formula is C15H22N2. The van der Waals surface area contributed by atoms with Gasteiger partial charge in [0, 0.05) is 24.8 Å². The lowest BCUT2D eigenvalue weighted by Gasteiger charge is -2.27. The highest BCUT2D eigenvalue weighted by molar-refractivity contribution is 5.57. The lowest BCUT2D eigenvalue weighted by atomic mass is 10.0. The lowest BCUT2D eigenvalue weighted by Crippen LogP contribution is -2.37. The van der Waals surface area contributed by atoms with Gasteiger partial charge >= 0.3 is 0 Å². The fraction of sp³-hybridized carbons (Fsp3) is 0.600. The van der Waals surface area contributed by atoms with Crippen LogP contribution < -0.4 is 10.2 Å². The Balaban J connectivity index is 1.56. The molecular weight excluding hydrogens is 208 g/mol. The average Bonchev–Trinajstić information content (AvgIpc) is 2.81. The lowest BCUT2D eigenvalue weighted by molar-refractivity contribution is 0.383. The van der Waals surface area contributed by atoms with Gasteiger partial charge in [-0.25, -0.2) is 0 Å². The van der Waals surface area contributed by atoms with Gasteiger partial charge in [-0.3, -0.25) is 0 Å². The Morgan fingerprint density at radius 1 is 1.24 bits per heavy atom. The molecule has 1 aromatic carbocycles. The molecule has 1 N–H and O–H groups in total. The van der Waals surface area contributed by atoms with Gasteiger partial charge in [-0.1, -0.05) is 24.6 Å². The van der Waals surface area contributed by atoms with E-state index in [1.54, 1.807) is 0 Å². The number of hydrogen-bond donors (Lipinski definition) is 1. The molecule has 0 aromatic heterocycles. The van der Waals surface area contributed by atoms with Gasteiger partial charge in [0.1, 0.15) is 0 Å². The molecule has 3 rings (SSSR count). The number of anilines is 1. The molecule has 1 fully saturated rings. The number of nitrogens with one attached hydrogen (secondary N) is 1. The fourth-order valence-corrected chi connectivity index (χ4v) is 3.12. The van der Waals surface area contributed by atoms with E-state index in [1.807, 2.05) is 0 Å². The maximum Gasteiger partial charge on any atom is 0.0399 e. The van der Waals surface area contributed by atoms with Gasteiger partial charge in [-0.2, -0.15) is 0 Å². The van der Waals surface area contributed by atoms with E-state index < -0.39 is 0 Å². The Morgan fingerprint density at radius 3 is 3.06 bits per heavy atom. The van der Waals surface area contributed by atoms with Crippen molar-refractivity contribution in [3.05, 3.63) is 29.8 Å². The minimum Gasteiger partial charge on any atom is -0.371 e. The third-order valence-electron chi connectivity index (χ3n) is 4.14. The highest BCUT2D eigenvalue weighted by Gasteiger charge is 2.19. The van der Waals surface area contributed by atoms with Gasteiger partial charge in [0.2, 0.25) is 0 Å². The van der Waals surface area contributed by atoms with Crippen molar-refractivity contribution in [1.29, 1.82) is 0 Å². The van der Waals surface area contributed by atoms with Crippen LogP contribution in [0.4, 0.5) is 5.69 Å². The Bertz CT molecular complexity index is 369. The van der Waals surface area contributed by atoms with E-state index >= 15 is 0 Å². The normalized spacial score (nSPS) is 23.8. The largest absolute Gasteiger partial charge is 0.371 e. The van der Waals surface area contributed by atoms with Crippen LogP contribution in [0.2, 0.25) is 0 Å². The molecule has 1 aromatic rings. The van der Waals surface area contributed by atoms with Gasteiger partial charge in [-0.15, -0.1) is 0 Å². The zero-order chi connectivity index (χ0) is 11.5. The predicted octanol–water partition coefficient (Wildman–Crippen LogP) is 2.58. The van der Waals surface area contributed by atoms with Crippen molar-refractivity contribution in [3.63, 3.8) is 0 Å². The molecule has 1 saturated heterocycles. The number of fused-ring (bicyclic) bond motifs is 1. The first-order valence-electron chi connectivity index (χ1n) is 7.00. The average molecular weight is 230 g/mol. The summed E-state index contributed by atoms with van der Waals surface area (Å²) in [6.07, 6.45) is 6.68. The summed E-state index contributed by atoms with van der Waals surface area (Å²) in [5.74, 6) is 0. The molecule has 2 heteroatoms. The van der Waals surface area contributed by atoms with Crippen LogP contribution in [0.25, 0.3) is 0 Å². The Labute approximate surface area is 104 Å². The maximum atomic E-state index is 3.64. The van der Waals surface area contributed by atoms with Gasteiger partial charge in [0.15, 0.2) is 0 Å². The molecule has 2 heterocycles. The zero-order valence-electron chi connectivity index (χ0n) is 10.5. The van der Waals surface area contributed by atoms with Crippen LogP contribution >= 0.6 is 0 Å². The van der Waals surface area contributed by atoms with Crippen LogP contribution in [0.1, 0.15) is 31.2 Å².